The fraction of sp³-hybridized carbons (Fsp3) is 0.200. The SMILES string of the molecule is CCOC(=O)c1cn(/C(=C\Sc2ccccc2)C(F)(F)F)cn1. The zero-order valence-corrected chi connectivity index (χ0v) is 12.9. The molecule has 1 heterocycles. The van der Waals surface area contributed by atoms with Gasteiger partial charge >= 0.3 is 12.1 Å². The largest absolute Gasteiger partial charge is 0.461 e. The molecule has 23 heavy (non-hydrogen) atoms. The van der Waals surface area contributed by atoms with Gasteiger partial charge < -0.3 is 9.30 Å². The molecule has 0 atom stereocenters. The van der Waals surface area contributed by atoms with Gasteiger partial charge in [0.2, 0.25) is 0 Å². The first kappa shape index (κ1) is 17.1. The summed E-state index contributed by atoms with van der Waals surface area (Å²) in [6.07, 6.45) is -2.64. The van der Waals surface area contributed by atoms with Crippen molar-refractivity contribution in [1.29, 1.82) is 0 Å². The van der Waals surface area contributed by atoms with Crippen LogP contribution in [0.15, 0.2) is 53.2 Å². The summed E-state index contributed by atoms with van der Waals surface area (Å²) in [6, 6.07) is 8.65. The van der Waals surface area contributed by atoms with Gasteiger partial charge in [0.15, 0.2) is 5.69 Å². The molecule has 8 heteroatoms. The number of carbonyl (C=O) groups excluding carboxylic acids is 1. The van der Waals surface area contributed by atoms with E-state index in [9.17, 15) is 18.0 Å². The van der Waals surface area contributed by atoms with Crippen LogP contribution >= 0.6 is 11.8 Å². The molecular weight excluding hydrogens is 329 g/mol. The van der Waals surface area contributed by atoms with E-state index in [0.29, 0.717) is 4.90 Å². The number of rotatable bonds is 5. The van der Waals surface area contributed by atoms with Crippen LogP contribution in [-0.2, 0) is 4.74 Å². The van der Waals surface area contributed by atoms with Gasteiger partial charge in [0.1, 0.15) is 12.0 Å². The van der Waals surface area contributed by atoms with Gasteiger partial charge in [-0.1, -0.05) is 30.0 Å². The number of imidazole rings is 1. The lowest BCUT2D eigenvalue weighted by Crippen LogP contribution is -2.15. The number of hydrogen-bond acceptors (Lipinski definition) is 4. The molecule has 4 nitrogen and oxygen atoms in total. The summed E-state index contributed by atoms with van der Waals surface area (Å²) in [5.74, 6) is -0.761. The fourth-order valence-corrected chi connectivity index (χ4v) is 2.48. The van der Waals surface area contributed by atoms with Crippen LogP contribution in [0.2, 0.25) is 0 Å². The first-order chi connectivity index (χ1) is 10.9. The number of benzene rings is 1. The van der Waals surface area contributed by atoms with Gasteiger partial charge in [-0.15, -0.1) is 0 Å². The Morgan fingerprint density at radius 1 is 1.35 bits per heavy atom. The molecule has 1 aromatic heterocycles. The maximum atomic E-state index is 13.2. The van der Waals surface area contributed by atoms with Gasteiger partial charge in [-0.05, 0) is 19.1 Å². The highest BCUT2D eigenvalue weighted by Gasteiger charge is 2.35. The Labute approximate surface area is 135 Å². The molecule has 0 saturated carbocycles. The Morgan fingerprint density at radius 2 is 2.04 bits per heavy atom. The summed E-state index contributed by atoms with van der Waals surface area (Å²) in [5.41, 5.74) is -1.11. The second-order valence-electron chi connectivity index (χ2n) is 4.32. The number of thioether (sulfide) groups is 1. The van der Waals surface area contributed by atoms with E-state index < -0.39 is 17.8 Å². The summed E-state index contributed by atoms with van der Waals surface area (Å²) in [4.78, 5) is 15.8. The average Bonchev–Trinajstić information content (AvgIpc) is 2.97. The second kappa shape index (κ2) is 7.36. The quantitative estimate of drug-likeness (QED) is 0.603. The predicted octanol–water partition coefficient (Wildman–Crippen LogP) is 4.21. The Balaban J connectivity index is 2.27. The van der Waals surface area contributed by atoms with Crippen molar-refractivity contribution in [3.8, 4) is 0 Å². The van der Waals surface area contributed by atoms with E-state index >= 15 is 0 Å². The van der Waals surface area contributed by atoms with E-state index in [4.69, 9.17) is 4.74 Å². The predicted molar refractivity (Wildman–Crippen MR) is 80.8 cm³/mol. The summed E-state index contributed by atoms with van der Waals surface area (Å²) in [7, 11) is 0. The first-order valence-corrected chi connectivity index (χ1v) is 7.50. The van der Waals surface area contributed by atoms with Crippen LogP contribution in [0.4, 0.5) is 13.2 Å². The number of carbonyl (C=O) groups is 1. The van der Waals surface area contributed by atoms with Gasteiger partial charge in [-0.3, -0.25) is 0 Å². The van der Waals surface area contributed by atoms with Crippen LogP contribution in [0.25, 0.3) is 5.70 Å². The normalized spacial score (nSPS) is 12.3. The molecule has 1 aromatic carbocycles. The Hall–Kier alpha value is -2.22. The van der Waals surface area contributed by atoms with Crippen LogP contribution in [-0.4, -0.2) is 28.3 Å². The zero-order valence-electron chi connectivity index (χ0n) is 12.1. The minimum atomic E-state index is -4.59. The highest BCUT2D eigenvalue weighted by Crippen LogP contribution is 2.33. The summed E-state index contributed by atoms with van der Waals surface area (Å²) in [5, 5.41) is 0.978. The lowest BCUT2D eigenvalue weighted by Gasteiger charge is -2.12. The molecular formula is C15H13F3N2O2S. The topological polar surface area (TPSA) is 44.1 Å². The number of alkyl halides is 3. The van der Waals surface area contributed by atoms with Gasteiger partial charge in [0.05, 0.1) is 6.61 Å². The number of ether oxygens (including phenoxy) is 1. The van der Waals surface area contributed by atoms with E-state index in [1.165, 1.54) is 0 Å². The molecule has 0 aliphatic heterocycles. The van der Waals surface area contributed by atoms with Crippen molar-refractivity contribution in [3.63, 3.8) is 0 Å². The monoisotopic (exact) mass is 342 g/mol. The Bertz CT molecular complexity index is 696. The molecule has 0 amide bonds. The van der Waals surface area contributed by atoms with Crippen molar-refractivity contribution in [1.82, 2.24) is 9.55 Å². The number of hydrogen-bond donors (Lipinski definition) is 0. The highest BCUT2D eigenvalue weighted by molar-refractivity contribution is 8.02. The third kappa shape index (κ3) is 4.62. The van der Waals surface area contributed by atoms with Crippen LogP contribution in [0.1, 0.15) is 17.4 Å². The van der Waals surface area contributed by atoms with Gasteiger partial charge in [-0.2, -0.15) is 13.2 Å². The Kier molecular flexibility index (Phi) is 5.49. The second-order valence-corrected chi connectivity index (χ2v) is 5.26. The number of esters is 1. The first-order valence-electron chi connectivity index (χ1n) is 6.62. The lowest BCUT2D eigenvalue weighted by atomic mass is 10.4. The van der Waals surface area contributed by atoms with Crippen molar-refractivity contribution in [2.45, 2.75) is 18.0 Å². The summed E-state index contributed by atoms with van der Waals surface area (Å²) in [6.45, 7) is 1.73. The number of allylic oxidation sites excluding steroid dienone is 1. The van der Waals surface area contributed by atoms with Crippen LogP contribution in [0, 0.1) is 0 Å². The highest BCUT2D eigenvalue weighted by atomic mass is 32.2. The van der Waals surface area contributed by atoms with E-state index in [1.54, 1.807) is 37.3 Å². The summed E-state index contributed by atoms with van der Waals surface area (Å²) < 4.78 is 45.1. The fourth-order valence-electron chi connectivity index (χ4n) is 1.66. The Morgan fingerprint density at radius 3 is 2.65 bits per heavy atom. The number of nitrogens with zero attached hydrogens (tertiary/aromatic N) is 2. The average molecular weight is 342 g/mol. The smallest absolute Gasteiger partial charge is 0.432 e. The summed E-state index contributed by atoms with van der Waals surface area (Å²) >= 11 is 0.931. The molecule has 0 unspecified atom stereocenters. The molecule has 0 aliphatic rings. The van der Waals surface area contributed by atoms with Gasteiger partial charge in [-0.25, -0.2) is 9.78 Å². The molecule has 0 N–H and O–H groups in total. The zero-order chi connectivity index (χ0) is 16.9. The van der Waals surface area contributed by atoms with Crippen LogP contribution in [0.3, 0.4) is 0 Å². The van der Waals surface area contributed by atoms with Gasteiger partial charge in [0.25, 0.3) is 0 Å². The third-order valence-electron chi connectivity index (χ3n) is 2.69. The third-order valence-corrected chi connectivity index (χ3v) is 3.57. The van der Waals surface area contributed by atoms with Crippen LogP contribution in [0.5, 0.6) is 0 Å². The van der Waals surface area contributed by atoms with E-state index in [1.807, 2.05) is 0 Å². The van der Waals surface area contributed by atoms with Crippen molar-refractivity contribution in [2.75, 3.05) is 6.61 Å². The molecule has 122 valence electrons. The van der Waals surface area contributed by atoms with Crippen molar-refractivity contribution < 1.29 is 22.7 Å². The molecule has 0 fully saturated rings. The molecule has 2 rings (SSSR count). The van der Waals surface area contributed by atoms with Gasteiger partial charge in [0, 0.05) is 16.5 Å². The molecule has 0 aliphatic carbocycles. The maximum absolute atomic E-state index is 13.2. The lowest BCUT2D eigenvalue weighted by molar-refractivity contribution is -0.0735. The van der Waals surface area contributed by atoms with E-state index in [-0.39, 0.29) is 12.3 Å². The molecule has 0 spiro atoms. The number of halogens is 3. The molecule has 0 bridgehead atoms. The minimum absolute atomic E-state index is 0.123. The van der Waals surface area contributed by atoms with Crippen LogP contribution < -0.4 is 0 Å². The van der Waals surface area contributed by atoms with Crippen molar-refractivity contribution >= 4 is 23.4 Å². The standard InChI is InChI=1S/C15H13F3N2O2S/c1-2-22-14(21)12-8-20(10-19-12)13(15(16,17)18)9-23-11-6-4-3-5-7-11/h3-10H,2H2,1H3/b13-9-. The maximum Gasteiger partial charge on any atom is 0.432 e. The van der Waals surface area contributed by atoms with E-state index in [2.05, 4.69) is 4.98 Å². The van der Waals surface area contributed by atoms with E-state index in [0.717, 1.165) is 34.3 Å². The molecule has 2 aromatic rings. The minimum Gasteiger partial charge on any atom is -0.461 e. The molecule has 0 saturated heterocycles. The molecule has 0 radical (unpaired) electrons. The van der Waals surface area contributed by atoms with Crippen molar-refractivity contribution in [2.24, 2.45) is 0 Å². The number of aromatic nitrogens is 2. The van der Waals surface area contributed by atoms with Crippen molar-refractivity contribution in [3.05, 3.63) is 54.0 Å².